The molecule has 0 aromatic heterocycles. The average molecular weight is 284 g/mol. The van der Waals surface area contributed by atoms with Gasteiger partial charge in [-0.2, -0.15) is 0 Å². The zero-order chi connectivity index (χ0) is 12.2. The van der Waals surface area contributed by atoms with Gasteiger partial charge in [0.2, 0.25) is 0 Å². The fraction of sp³-hybridized carbons (Fsp3) is 1.00. The molecule has 0 aromatic carbocycles. The van der Waals surface area contributed by atoms with Crippen LogP contribution in [0.1, 0.15) is 64.2 Å². The van der Waals surface area contributed by atoms with E-state index in [1.165, 1.54) is 24.2 Å². The molecule has 0 radical (unpaired) electrons. The quantitative estimate of drug-likeness (QED) is 0.576. The van der Waals surface area contributed by atoms with Crippen LogP contribution in [0.2, 0.25) is 0 Å². The SMILES string of the molecule is C1CCC(P2CCP(C3CCCCC3)CC2)CC1. The summed E-state index contributed by atoms with van der Waals surface area (Å²) in [5.41, 5.74) is 2.41. The van der Waals surface area contributed by atoms with Gasteiger partial charge in [-0.05, 0) is 61.6 Å². The fourth-order valence-electron chi connectivity index (χ4n) is 4.36. The zero-order valence-corrected chi connectivity index (χ0v) is 13.7. The second-order valence-corrected chi connectivity index (χ2v) is 12.3. The van der Waals surface area contributed by atoms with Crippen LogP contribution in [0.15, 0.2) is 0 Å². The molecule has 2 heteroatoms. The van der Waals surface area contributed by atoms with Crippen molar-refractivity contribution in [1.29, 1.82) is 0 Å². The van der Waals surface area contributed by atoms with Crippen molar-refractivity contribution in [3.63, 3.8) is 0 Å². The molecule has 0 nitrogen and oxygen atoms in total. The first kappa shape index (κ1) is 13.8. The summed E-state index contributed by atoms with van der Waals surface area (Å²) in [6.45, 7) is 0. The minimum atomic E-state index is 0.479. The Morgan fingerprint density at radius 3 is 1.11 bits per heavy atom. The van der Waals surface area contributed by atoms with E-state index in [4.69, 9.17) is 0 Å². The van der Waals surface area contributed by atoms with E-state index >= 15 is 0 Å². The van der Waals surface area contributed by atoms with Crippen molar-refractivity contribution in [3.05, 3.63) is 0 Å². The van der Waals surface area contributed by atoms with E-state index in [0.29, 0.717) is 15.8 Å². The minimum Gasteiger partial charge on any atom is -0.103 e. The second kappa shape index (κ2) is 7.04. The molecule has 18 heavy (non-hydrogen) atoms. The molecule has 1 saturated heterocycles. The summed E-state index contributed by atoms with van der Waals surface area (Å²) < 4.78 is 0. The van der Waals surface area contributed by atoms with Crippen LogP contribution < -0.4 is 0 Å². The molecular formula is C16H30P2. The van der Waals surface area contributed by atoms with Crippen LogP contribution in [0, 0.1) is 0 Å². The predicted octanol–water partition coefficient (Wildman–Crippen LogP) is 5.63. The van der Waals surface area contributed by atoms with Crippen molar-refractivity contribution in [3.8, 4) is 0 Å². The highest BCUT2D eigenvalue weighted by atomic mass is 31.1. The third-order valence-electron chi connectivity index (χ3n) is 5.53. The molecule has 104 valence electrons. The molecule has 2 saturated carbocycles. The van der Waals surface area contributed by atoms with Crippen molar-refractivity contribution < 1.29 is 0 Å². The highest BCUT2D eigenvalue weighted by Crippen LogP contribution is 2.59. The maximum atomic E-state index is 1.68. The lowest BCUT2D eigenvalue weighted by atomic mass is 10.0. The van der Waals surface area contributed by atoms with Gasteiger partial charge in [0.05, 0.1) is 0 Å². The van der Waals surface area contributed by atoms with Crippen LogP contribution >= 0.6 is 15.8 Å². The van der Waals surface area contributed by atoms with Crippen molar-refractivity contribution in [2.45, 2.75) is 75.5 Å². The van der Waals surface area contributed by atoms with Crippen molar-refractivity contribution in [1.82, 2.24) is 0 Å². The molecule has 0 spiro atoms. The summed E-state index contributed by atoms with van der Waals surface area (Å²) in [5.74, 6) is 0. The molecule has 0 amide bonds. The minimum absolute atomic E-state index is 0.479. The maximum absolute atomic E-state index is 1.68. The Labute approximate surface area is 116 Å². The third-order valence-corrected chi connectivity index (χ3v) is 12.5. The lowest BCUT2D eigenvalue weighted by Crippen LogP contribution is -2.23. The fourth-order valence-corrected chi connectivity index (χ4v) is 12.6. The van der Waals surface area contributed by atoms with Crippen LogP contribution in [0.25, 0.3) is 0 Å². The van der Waals surface area contributed by atoms with Crippen molar-refractivity contribution in [2.75, 3.05) is 24.6 Å². The first-order valence-corrected chi connectivity index (χ1v) is 12.0. The summed E-state index contributed by atoms with van der Waals surface area (Å²) in [6, 6.07) is 0. The van der Waals surface area contributed by atoms with E-state index in [1.807, 2.05) is 0 Å². The summed E-state index contributed by atoms with van der Waals surface area (Å²) in [5, 5.41) is 0. The Bertz CT molecular complexity index is 207. The van der Waals surface area contributed by atoms with Crippen LogP contribution in [0.5, 0.6) is 0 Å². The number of hydrogen-bond donors (Lipinski definition) is 0. The lowest BCUT2D eigenvalue weighted by Gasteiger charge is -2.40. The van der Waals surface area contributed by atoms with Crippen LogP contribution in [0.4, 0.5) is 0 Å². The first-order chi connectivity index (χ1) is 8.93. The van der Waals surface area contributed by atoms with Gasteiger partial charge in [-0.15, -0.1) is 15.8 Å². The van der Waals surface area contributed by atoms with E-state index in [9.17, 15) is 0 Å². The van der Waals surface area contributed by atoms with Gasteiger partial charge in [-0.1, -0.05) is 38.5 Å². The smallest absolute Gasteiger partial charge is 0.0209 e. The molecule has 0 atom stereocenters. The highest BCUT2D eigenvalue weighted by molar-refractivity contribution is 7.66. The normalized spacial score (nSPS) is 36.7. The van der Waals surface area contributed by atoms with Gasteiger partial charge in [-0.25, -0.2) is 0 Å². The van der Waals surface area contributed by atoms with Crippen LogP contribution in [-0.2, 0) is 0 Å². The first-order valence-electron chi connectivity index (χ1n) is 8.41. The Morgan fingerprint density at radius 2 is 0.778 bits per heavy atom. The zero-order valence-electron chi connectivity index (χ0n) is 11.9. The molecule has 3 fully saturated rings. The topological polar surface area (TPSA) is 0 Å². The molecular weight excluding hydrogens is 254 g/mol. The van der Waals surface area contributed by atoms with E-state index in [1.54, 1.807) is 76.0 Å². The van der Waals surface area contributed by atoms with Gasteiger partial charge in [0.25, 0.3) is 0 Å². The Kier molecular flexibility index (Phi) is 5.40. The summed E-state index contributed by atoms with van der Waals surface area (Å²) in [7, 11) is 0.957. The standard InChI is InChI=1S/C16H30P2/c1-3-7-15(8-4-1)17-11-13-18(14-12-17)16-9-5-2-6-10-16/h15-16H,1-14H2. The van der Waals surface area contributed by atoms with Crippen molar-refractivity contribution >= 4 is 15.8 Å². The third kappa shape index (κ3) is 3.49. The van der Waals surface area contributed by atoms with Gasteiger partial charge >= 0.3 is 0 Å². The van der Waals surface area contributed by atoms with Gasteiger partial charge in [0.1, 0.15) is 0 Å². The summed E-state index contributed by atoms with van der Waals surface area (Å²) in [4.78, 5) is 0. The molecule has 0 aromatic rings. The van der Waals surface area contributed by atoms with Crippen LogP contribution in [-0.4, -0.2) is 36.0 Å². The van der Waals surface area contributed by atoms with E-state index in [2.05, 4.69) is 0 Å². The van der Waals surface area contributed by atoms with E-state index in [0.717, 1.165) is 0 Å². The van der Waals surface area contributed by atoms with Crippen molar-refractivity contribution in [2.24, 2.45) is 0 Å². The van der Waals surface area contributed by atoms with Gasteiger partial charge in [0.15, 0.2) is 0 Å². The van der Waals surface area contributed by atoms with E-state index < -0.39 is 0 Å². The molecule has 1 heterocycles. The summed E-state index contributed by atoms with van der Waals surface area (Å²) in [6.07, 6.45) is 22.4. The molecule has 2 aliphatic carbocycles. The monoisotopic (exact) mass is 284 g/mol. The lowest BCUT2D eigenvalue weighted by molar-refractivity contribution is 0.507. The summed E-state index contributed by atoms with van der Waals surface area (Å²) >= 11 is 0. The van der Waals surface area contributed by atoms with Gasteiger partial charge in [0, 0.05) is 0 Å². The Balaban J connectivity index is 1.45. The second-order valence-electron chi connectivity index (χ2n) is 6.66. The largest absolute Gasteiger partial charge is 0.103 e. The maximum Gasteiger partial charge on any atom is -0.0209 e. The van der Waals surface area contributed by atoms with E-state index in [-0.39, 0.29) is 0 Å². The number of rotatable bonds is 2. The molecule has 0 N–H and O–H groups in total. The van der Waals surface area contributed by atoms with Gasteiger partial charge in [-0.3, -0.25) is 0 Å². The molecule has 3 rings (SSSR count). The van der Waals surface area contributed by atoms with Crippen LogP contribution in [0.3, 0.4) is 0 Å². The number of hydrogen-bond acceptors (Lipinski definition) is 0. The predicted molar refractivity (Wildman–Crippen MR) is 87.1 cm³/mol. The highest BCUT2D eigenvalue weighted by Gasteiger charge is 2.31. The van der Waals surface area contributed by atoms with Gasteiger partial charge < -0.3 is 0 Å². The molecule has 0 bridgehead atoms. The Morgan fingerprint density at radius 1 is 0.444 bits per heavy atom. The average Bonchev–Trinajstić information content (AvgIpc) is 2.49. The molecule has 1 aliphatic heterocycles. The molecule has 3 aliphatic rings. The molecule has 0 unspecified atom stereocenters. The Hall–Kier alpha value is 0.860.